The highest BCUT2D eigenvalue weighted by molar-refractivity contribution is 5.69. The van der Waals surface area contributed by atoms with E-state index < -0.39 is 4.92 Å². The van der Waals surface area contributed by atoms with Crippen LogP contribution in [-0.2, 0) is 6.54 Å². The summed E-state index contributed by atoms with van der Waals surface area (Å²) in [4.78, 5) is 21.4. The highest BCUT2D eigenvalue weighted by Crippen LogP contribution is 2.32. The first-order valence-corrected chi connectivity index (χ1v) is 10.6. The topological polar surface area (TPSA) is 96.2 Å². The Morgan fingerprint density at radius 2 is 2.00 bits per heavy atom. The molecule has 0 bridgehead atoms. The molecule has 0 amide bonds. The van der Waals surface area contributed by atoms with Crippen molar-refractivity contribution in [1.82, 2.24) is 9.97 Å². The van der Waals surface area contributed by atoms with Gasteiger partial charge in [0.15, 0.2) is 0 Å². The van der Waals surface area contributed by atoms with E-state index in [0.717, 1.165) is 31.4 Å². The molecule has 1 aliphatic heterocycles. The molecule has 0 aliphatic carbocycles. The molecule has 3 aromatic rings. The Morgan fingerprint density at radius 3 is 2.72 bits per heavy atom. The maximum Gasteiger partial charge on any atom is 0.311 e. The molecule has 4 rings (SSSR count). The third-order valence-corrected chi connectivity index (χ3v) is 5.62. The lowest BCUT2D eigenvalue weighted by molar-refractivity contribution is -0.384. The minimum Gasteiger partial charge on any atom is -0.366 e. The molecule has 0 spiro atoms. The van der Waals surface area contributed by atoms with Crippen molar-refractivity contribution in [3.8, 4) is 0 Å². The lowest BCUT2D eigenvalue weighted by Gasteiger charge is -2.35. The van der Waals surface area contributed by atoms with Crippen molar-refractivity contribution in [1.29, 1.82) is 0 Å². The van der Waals surface area contributed by atoms with Gasteiger partial charge >= 0.3 is 5.69 Å². The van der Waals surface area contributed by atoms with Crippen molar-refractivity contribution in [2.45, 2.75) is 38.8 Å². The van der Waals surface area contributed by atoms with E-state index in [1.54, 1.807) is 30.6 Å². The van der Waals surface area contributed by atoms with Crippen LogP contribution in [0.3, 0.4) is 0 Å². The summed E-state index contributed by atoms with van der Waals surface area (Å²) >= 11 is 0. The van der Waals surface area contributed by atoms with Gasteiger partial charge in [-0.3, -0.25) is 15.1 Å². The lowest BCUT2D eigenvalue weighted by atomic mass is 10.0. The number of hydrogen-bond acceptors (Lipinski definition) is 7. The van der Waals surface area contributed by atoms with Gasteiger partial charge in [-0.2, -0.15) is 0 Å². The molecule has 0 saturated carbocycles. The summed E-state index contributed by atoms with van der Waals surface area (Å²) in [5.41, 5.74) is 1.77. The molecule has 3 heterocycles. The summed E-state index contributed by atoms with van der Waals surface area (Å²) in [5, 5.41) is 17.5. The Labute approximate surface area is 185 Å². The van der Waals surface area contributed by atoms with Crippen molar-refractivity contribution >= 4 is 28.7 Å². The predicted molar refractivity (Wildman–Crippen MR) is 123 cm³/mol. The third-order valence-electron chi connectivity index (χ3n) is 5.62. The summed E-state index contributed by atoms with van der Waals surface area (Å²) in [6.07, 6.45) is 6.61. The molecule has 9 heteroatoms. The number of nitro groups is 1. The highest BCUT2D eigenvalue weighted by Gasteiger charge is 2.22. The fourth-order valence-electron chi connectivity index (χ4n) is 3.89. The summed E-state index contributed by atoms with van der Waals surface area (Å²) in [6.45, 7) is 3.41. The van der Waals surface area contributed by atoms with E-state index in [0.29, 0.717) is 23.7 Å². The van der Waals surface area contributed by atoms with Gasteiger partial charge in [0.2, 0.25) is 5.82 Å². The van der Waals surface area contributed by atoms with Crippen molar-refractivity contribution < 1.29 is 9.31 Å². The quantitative estimate of drug-likeness (QED) is 0.385. The van der Waals surface area contributed by atoms with Crippen molar-refractivity contribution in [3.63, 3.8) is 0 Å². The Hall–Kier alpha value is -3.75. The van der Waals surface area contributed by atoms with Crippen LogP contribution in [0.4, 0.5) is 33.1 Å². The number of nitrogens with one attached hydrogen (secondary N) is 2. The second-order valence-corrected chi connectivity index (χ2v) is 7.86. The van der Waals surface area contributed by atoms with Crippen molar-refractivity contribution in [2.24, 2.45) is 0 Å². The SMILES string of the molecule is CC1CCCCN1c1ccc(Nc2nc(NCc3ccncc3)ccc2[N+](=O)[O-])cc1F. The maximum absolute atomic E-state index is 14.9. The number of benzene rings is 1. The summed E-state index contributed by atoms with van der Waals surface area (Å²) in [6, 6.07) is 11.7. The van der Waals surface area contributed by atoms with E-state index in [-0.39, 0.29) is 23.4 Å². The van der Waals surface area contributed by atoms with Crippen LogP contribution < -0.4 is 15.5 Å². The molecular formula is C23H25FN6O2. The van der Waals surface area contributed by atoms with Crippen LogP contribution >= 0.6 is 0 Å². The number of pyridine rings is 2. The van der Waals surface area contributed by atoms with E-state index in [9.17, 15) is 14.5 Å². The molecule has 166 valence electrons. The molecule has 1 atom stereocenters. The van der Waals surface area contributed by atoms with Gasteiger partial charge in [-0.1, -0.05) is 0 Å². The number of nitrogens with zero attached hydrogens (tertiary/aromatic N) is 4. The number of aromatic nitrogens is 2. The first kappa shape index (κ1) is 21.5. The monoisotopic (exact) mass is 436 g/mol. The Morgan fingerprint density at radius 1 is 1.19 bits per heavy atom. The smallest absolute Gasteiger partial charge is 0.311 e. The number of anilines is 4. The van der Waals surface area contributed by atoms with Crippen LogP contribution in [0.1, 0.15) is 31.7 Å². The second kappa shape index (κ2) is 9.59. The van der Waals surface area contributed by atoms with Gasteiger partial charge in [-0.05, 0) is 68.1 Å². The summed E-state index contributed by atoms with van der Waals surface area (Å²) < 4.78 is 14.9. The van der Waals surface area contributed by atoms with Crippen LogP contribution in [-0.4, -0.2) is 27.5 Å². The van der Waals surface area contributed by atoms with Gasteiger partial charge in [0.25, 0.3) is 0 Å². The zero-order valence-corrected chi connectivity index (χ0v) is 17.8. The van der Waals surface area contributed by atoms with E-state index >= 15 is 0 Å². The number of piperidine rings is 1. The standard InChI is InChI=1S/C23H25FN6O2/c1-16-4-2-3-13-29(16)20-6-5-18(14-19(20)24)27-23-21(30(31)32)7-8-22(28-23)26-15-17-9-11-25-12-10-17/h5-12,14,16H,2-4,13,15H2,1H3,(H2,26,27,28). The average molecular weight is 436 g/mol. The molecule has 8 nitrogen and oxygen atoms in total. The fraction of sp³-hybridized carbons (Fsp3) is 0.304. The highest BCUT2D eigenvalue weighted by atomic mass is 19.1. The molecule has 1 unspecified atom stereocenters. The number of rotatable bonds is 7. The van der Waals surface area contributed by atoms with Gasteiger partial charge in [0.05, 0.1) is 10.6 Å². The Balaban J connectivity index is 1.54. The second-order valence-electron chi connectivity index (χ2n) is 7.86. The maximum atomic E-state index is 14.9. The molecule has 2 N–H and O–H groups in total. The van der Waals surface area contributed by atoms with Crippen LogP contribution in [0.25, 0.3) is 0 Å². The first-order valence-electron chi connectivity index (χ1n) is 10.6. The first-order chi connectivity index (χ1) is 15.5. The van der Waals surface area contributed by atoms with E-state index in [4.69, 9.17) is 0 Å². The molecule has 1 aromatic carbocycles. The third kappa shape index (κ3) is 4.93. The van der Waals surface area contributed by atoms with Gasteiger partial charge in [0, 0.05) is 43.3 Å². The number of halogens is 1. The normalized spacial score (nSPS) is 15.9. The largest absolute Gasteiger partial charge is 0.366 e. The van der Waals surface area contributed by atoms with Crippen molar-refractivity contribution in [3.05, 3.63) is 76.4 Å². The van der Waals surface area contributed by atoms with E-state index in [1.165, 1.54) is 12.1 Å². The van der Waals surface area contributed by atoms with Gasteiger partial charge < -0.3 is 15.5 Å². The summed E-state index contributed by atoms with van der Waals surface area (Å²) in [5.74, 6) is 0.153. The van der Waals surface area contributed by atoms with Gasteiger partial charge in [0.1, 0.15) is 11.6 Å². The zero-order valence-electron chi connectivity index (χ0n) is 17.8. The van der Waals surface area contributed by atoms with Crippen LogP contribution in [0.2, 0.25) is 0 Å². The molecule has 32 heavy (non-hydrogen) atoms. The average Bonchev–Trinajstić information content (AvgIpc) is 2.79. The fourth-order valence-corrected chi connectivity index (χ4v) is 3.89. The molecule has 2 aromatic heterocycles. The van der Waals surface area contributed by atoms with Crippen molar-refractivity contribution in [2.75, 3.05) is 22.1 Å². The van der Waals surface area contributed by atoms with Gasteiger partial charge in [-0.15, -0.1) is 0 Å². The molecule has 1 aliphatic rings. The minimum absolute atomic E-state index is 0.0493. The zero-order chi connectivity index (χ0) is 22.5. The molecule has 0 radical (unpaired) electrons. The molecule has 1 saturated heterocycles. The summed E-state index contributed by atoms with van der Waals surface area (Å²) in [7, 11) is 0. The minimum atomic E-state index is -0.512. The van der Waals surface area contributed by atoms with Gasteiger partial charge in [-0.25, -0.2) is 9.37 Å². The van der Waals surface area contributed by atoms with Crippen LogP contribution in [0.5, 0.6) is 0 Å². The van der Waals surface area contributed by atoms with Crippen LogP contribution in [0.15, 0.2) is 54.9 Å². The van der Waals surface area contributed by atoms with E-state index in [2.05, 4.69) is 32.4 Å². The Bertz CT molecular complexity index is 1100. The number of hydrogen-bond donors (Lipinski definition) is 2. The lowest BCUT2D eigenvalue weighted by Crippen LogP contribution is -2.37. The van der Waals surface area contributed by atoms with Crippen LogP contribution in [0, 0.1) is 15.9 Å². The Kier molecular flexibility index (Phi) is 6.44. The molecule has 1 fully saturated rings. The predicted octanol–water partition coefficient (Wildman–Crippen LogP) is 5.26. The molecular weight excluding hydrogens is 411 g/mol. The van der Waals surface area contributed by atoms with E-state index in [1.807, 2.05) is 12.1 Å².